The second kappa shape index (κ2) is 4.33. The first-order valence-corrected chi connectivity index (χ1v) is 5.69. The van der Waals surface area contributed by atoms with Gasteiger partial charge in [-0.2, -0.15) is 0 Å². The highest BCUT2D eigenvalue weighted by Crippen LogP contribution is 2.43. The second-order valence-electron chi connectivity index (χ2n) is 4.48. The highest BCUT2D eigenvalue weighted by molar-refractivity contribution is 5.55. The van der Waals surface area contributed by atoms with Gasteiger partial charge in [0.2, 0.25) is 0 Å². The van der Waals surface area contributed by atoms with Crippen LogP contribution in [0.3, 0.4) is 0 Å². The van der Waals surface area contributed by atoms with Crippen molar-refractivity contribution in [3.8, 4) is 5.75 Å². The molecule has 17 heavy (non-hydrogen) atoms. The van der Waals surface area contributed by atoms with Crippen LogP contribution in [-0.4, -0.2) is 12.0 Å². The smallest absolute Gasteiger partial charge is 0.315 e. The molecule has 0 spiro atoms. The van der Waals surface area contributed by atoms with Crippen molar-refractivity contribution in [2.45, 2.75) is 31.2 Å². The molecule has 1 aromatic carbocycles. The molecule has 0 unspecified atom stereocenters. The molecule has 2 rings (SSSR count). The number of para-hydroxylation sites is 1. The van der Waals surface area contributed by atoms with Gasteiger partial charge in [-0.1, -0.05) is 25.0 Å². The summed E-state index contributed by atoms with van der Waals surface area (Å²) in [4.78, 5) is 10.8. The standard InChI is InChI=1S/C12H16N2O3/c1-17-10-6-4-5-9(11(10)14(15)16)12(13)7-2-3-8-12/h4-6H,2-3,7-8,13H2,1H3. The number of nitro benzene ring substituents is 1. The zero-order valence-electron chi connectivity index (χ0n) is 9.81. The molecule has 0 aromatic heterocycles. The normalized spacial score (nSPS) is 18.0. The first-order valence-electron chi connectivity index (χ1n) is 5.69. The predicted molar refractivity (Wildman–Crippen MR) is 64.0 cm³/mol. The van der Waals surface area contributed by atoms with Crippen LogP contribution < -0.4 is 10.5 Å². The van der Waals surface area contributed by atoms with Crippen LogP contribution in [0.1, 0.15) is 31.2 Å². The van der Waals surface area contributed by atoms with Gasteiger partial charge in [0.15, 0.2) is 5.75 Å². The van der Waals surface area contributed by atoms with Gasteiger partial charge in [0.25, 0.3) is 0 Å². The van der Waals surface area contributed by atoms with Crippen molar-refractivity contribution in [1.82, 2.24) is 0 Å². The third-order valence-electron chi connectivity index (χ3n) is 3.43. The summed E-state index contributed by atoms with van der Waals surface area (Å²) >= 11 is 0. The highest BCUT2D eigenvalue weighted by atomic mass is 16.6. The largest absolute Gasteiger partial charge is 0.490 e. The van der Waals surface area contributed by atoms with Gasteiger partial charge in [-0.05, 0) is 18.9 Å². The molecule has 0 radical (unpaired) electrons. The maximum atomic E-state index is 11.2. The third kappa shape index (κ3) is 1.98. The molecule has 0 heterocycles. The first kappa shape index (κ1) is 11.9. The van der Waals surface area contributed by atoms with Crippen molar-refractivity contribution in [3.63, 3.8) is 0 Å². The van der Waals surface area contributed by atoms with E-state index >= 15 is 0 Å². The fourth-order valence-corrected chi connectivity index (χ4v) is 2.55. The van der Waals surface area contributed by atoms with E-state index in [2.05, 4.69) is 0 Å². The number of ether oxygens (including phenoxy) is 1. The van der Waals surface area contributed by atoms with Crippen LogP contribution in [0.4, 0.5) is 5.69 Å². The number of nitrogens with two attached hydrogens (primary N) is 1. The Morgan fingerprint density at radius 3 is 2.59 bits per heavy atom. The molecule has 0 aliphatic heterocycles. The van der Waals surface area contributed by atoms with Crippen LogP contribution in [0.5, 0.6) is 5.75 Å². The van der Waals surface area contributed by atoms with Crippen molar-refractivity contribution in [2.24, 2.45) is 5.73 Å². The molecule has 1 saturated carbocycles. The topological polar surface area (TPSA) is 78.4 Å². The number of methoxy groups -OCH3 is 1. The summed E-state index contributed by atoms with van der Waals surface area (Å²) in [5, 5.41) is 11.2. The van der Waals surface area contributed by atoms with Crippen LogP contribution in [0.25, 0.3) is 0 Å². The van der Waals surface area contributed by atoms with Gasteiger partial charge in [-0.3, -0.25) is 10.1 Å². The molecule has 1 aliphatic carbocycles. The molecule has 0 amide bonds. The summed E-state index contributed by atoms with van der Waals surface area (Å²) in [6.45, 7) is 0. The van der Waals surface area contributed by atoms with E-state index in [1.54, 1.807) is 18.2 Å². The van der Waals surface area contributed by atoms with Crippen molar-refractivity contribution in [3.05, 3.63) is 33.9 Å². The van der Waals surface area contributed by atoms with Crippen LogP contribution in [-0.2, 0) is 5.54 Å². The zero-order valence-corrected chi connectivity index (χ0v) is 9.81. The molecule has 0 bridgehead atoms. The third-order valence-corrected chi connectivity index (χ3v) is 3.43. The van der Waals surface area contributed by atoms with E-state index in [-0.39, 0.29) is 11.4 Å². The van der Waals surface area contributed by atoms with Crippen LogP contribution >= 0.6 is 0 Å². The molecule has 1 aliphatic rings. The molecular formula is C12H16N2O3. The van der Waals surface area contributed by atoms with E-state index in [0.29, 0.717) is 5.56 Å². The monoisotopic (exact) mass is 236 g/mol. The molecule has 0 atom stereocenters. The second-order valence-corrected chi connectivity index (χ2v) is 4.48. The fraction of sp³-hybridized carbons (Fsp3) is 0.500. The number of rotatable bonds is 3. The number of hydrogen-bond donors (Lipinski definition) is 1. The maximum absolute atomic E-state index is 11.2. The Balaban J connectivity index is 2.56. The van der Waals surface area contributed by atoms with E-state index in [0.717, 1.165) is 25.7 Å². The van der Waals surface area contributed by atoms with Gasteiger partial charge in [0.1, 0.15) is 0 Å². The van der Waals surface area contributed by atoms with Gasteiger partial charge in [-0.15, -0.1) is 0 Å². The molecule has 5 heteroatoms. The summed E-state index contributed by atoms with van der Waals surface area (Å²) in [5.74, 6) is 0.282. The highest BCUT2D eigenvalue weighted by Gasteiger charge is 2.38. The minimum absolute atomic E-state index is 0.0133. The molecule has 1 aromatic rings. The summed E-state index contributed by atoms with van der Waals surface area (Å²) in [6.07, 6.45) is 3.62. The zero-order chi connectivity index (χ0) is 12.5. The SMILES string of the molecule is COc1cccc(C2(N)CCCC2)c1[N+](=O)[O-]. The number of hydrogen-bond acceptors (Lipinski definition) is 4. The Morgan fingerprint density at radius 1 is 1.41 bits per heavy atom. The summed E-state index contributed by atoms with van der Waals surface area (Å²) in [6, 6.07) is 5.10. The number of benzene rings is 1. The minimum atomic E-state index is -0.572. The average molecular weight is 236 g/mol. The van der Waals surface area contributed by atoms with Gasteiger partial charge < -0.3 is 10.5 Å². The fourth-order valence-electron chi connectivity index (χ4n) is 2.55. The van der Waals surface area contributed by atoms with Crippen molar-refractivity contribution in [1.29, 1.82) is 0 Å². The molecule has 0 saturated heterocycles. The summed E-state index contributed by atoms with van der Waals surface area (Å²) in [7, 11) is 1.43. The Morgan fingerprint density at radius 2 is 2.06 bits per heavy atom. The lowest BCUT2D eigenvalue weighted by Gasteiger charge is -2.24. The van der Waals surface area contributed by atoms with Crippen LogP contribution in [0.15, 0.2) is 18.2 Å². The molecule has 1 fully saturated rings. The van der Waals surface area contributed by atoms with Crippen molar-refractivity contribution < 1.29 is 9.66 Å². The molecule has 92 valence electrons. The average Bonchev–Trinajstić information content (AvgIpc) is 2.76. The minimum Gasteiger partial charge on any atom is -0.490 e. The molecule has 5 nitrogen and oxygen atoms in total. The van der Waals surface area contributed by atoms with Gasteiger partial charge >= 0.3 is 5.69 Å². The number of nitro groups is 1. The number of nitrogens with zero attached hydrogens (tertiary/aromatic N) is 1. The van der Waals surface area contributed by atoms with E-state index in [1.165, 1.54) is 7.11 Å². The predicted octanol–water partition coefficient (Wildman–Crippen LogP) is 2.33. The van der Waals surface area contributed by atoms with Crippen LogP contribution in [0.2, 0.25) is 0 Å². The lowest BCUT2D eigenvalue weighted by molar-refractivity contribution is -0.387. The van der Waals surface area contributed by atoms with Gasteiger partial charge in [0.05, 0.1) is 17.6 Å². The summed E-state index contributed by atoms with van der Waals surface area (Å²) < 4.78 is 5.05. The van der Waals surface area contributed by atoms with E-state index in [1.807, 2.05) is 0 Å². The Kier molecular flexibility index (Phi) is 3.02. The van der Waals surface area contributed by atoms with Crippen molar-refractivity contribution >= 4 is 5.69 Å². The first-order chi connectivity index (χ1) is 8.08. The Hall–Kier alpha value is -1.62. The van der Waals surface area contributed by atoms with Gasteiger partial charge in [0, 0.05) is 5.54 Å². The van der Waals surface area contributed by atoms with E-state index < -0.39 is 10.5 Å². The molecular weight excluding hydrogens is 220 g/mol. The van der Waals surface area contributed by atoms with E-state index in [4.69, 9.17) is 10.5 Å². The lowest BCUT2D eigenvalue weighted by Crippen LogP contribution is -2.33. The Labute approximate surface area is 99.7 Å². The quantitative estimate of drug-likeness (QED) is 0.645. The van der Waals surface area contributed by atoms with Crippen LogP contribution in [0, 0.1) is 10.1 Å². The van der Waals surface area contributed by atoms with E-state index in [9.17, 15) is 10.1 Å². The molecule has 2 N–H and O–H groups in total. The lowest BCUT2D eigenvalue weighted by atomic mass is 9.88. The summed E-state index contributed by atoms with van der Waals surface area (Å²) in [5.41, 5.74) is 6.32. The Bertz CT molecular complexity index is 439. The van der Waals surface area contributed by atoms with Crippen molar-refractivity contribution in [2.75, 3.05) is 7.11 Å². The maximum Gasteiger partial charge on any atom is 0.315 e. The van der Waals surface area contributed by atoms with Gasteiger partial charge in [-0.25, -0.2) is 0 Å².